The van der Waals surface area contributed by atoms with Gasteiger partial charge in [-0.3, -0.25) is 10.1 Å². The Morgan fingerprint density at radius 3 is 2.72 bits per heavy atom. The number of ether oxygens (including phenoxy) is 1. The third-order valence-corrected chi connectivity index (χ3v) is 3.08. The number of nitrogens with zero attached hydrogens (tertiary/aromatic N) is 2. The summed E-state index contributed by atoms with van der Waals surface area (Å²) in [5, 5.41) is 3.73. The molecular formula is C12H20ClN3O2. The van der Waals surface area contributed by atoms with Gasteiger partial charge in [0.15, 0.2) is 0 Å². The van der Waals surface area contributed by atoms with Gasteiger partial charge in [-0.1, -0.05) is 25.4 Å². The van der Waals surface area contributed by atoms with Crippen molar-refractivity contribution in [2.24, 2.45) is 13.0 Å². The number of hydrogen-bond donors (Lipinski definition) is 1. The van der Waals surface area contributed by atoms with Gasteiger partial charge in [0, 0.05) is 7.05 Å². The maximum Gasteiger partial charge on any atom is 0.322 e. The van der Waals surface area contributed by atoms with Crippen LogP contribution in [0.4, 0.5) is 0 Å². The molecule has 102 valence electrons. The minimum atomic E-state index is -0.314. The second-order valence-electron chi connectivity index (χ2n) is 4.64. The van der Waals surface area contributed by atoms with Crippen LogP contribution in [-0.2, 0) is 23.1 Å². The van der Waals surface area contributed by atoms with Gasteiger partial charge in [0.25, 0.3) is 0 Å². The first-order valence-electron chi connectivity index (χ1n) is 5.93. The third kappa shape index (κ3) is 3.99. The van der Waals surface area contributed by atoms with Gasteiger partial charge >= 0.3 is 5.97 Å². The van der Waals surface area contributed by atoms with Gasteiger partial charge in [-0.15, -0.1) is 0 Å². The molecule has 0 amide bonds. The molecule has 0 spiro atoms. The van der Waals surface area contributed by atoms with Crippen molar-refractivity contribution >= 4 is 17.6 Å². The molecule has 0 aliphatic heterocycles. The fourth-order valence-corrected chi connectivity index (χ4v) is 1.83. The van der Waals surface area contributed by atoms with Crippen LogP contribution in [0.3, 0.4) is 0 Å². The van der Waals surface area contributed by atoms with Crippen molar-refractivity contribution in [2.75, 3.05) is 7.11 Å². The van der Waals surface area contributed by atoms with Crippen molar-refractivity contribution in [1.29, 1.82) is 0 Å². The fraction of sp³-hybridized carbons (Fsp3) is 0.667. The second-order valence-corrected chi connectivity index (χ2v) is 5.03. The molecule has 1 unspecified atom stereocenters. The Morgan fingerprint density at radius 1 is 1.61 bits per heavy atom. The number of halogens is 1. The summed E-state index contributed by atoms with van der Waals surface area (Å²) in [6.07, 6.45) is 2.32. The van der Waals surface area contributed by atoms with E-state index in [9.17, 15) is 4.79 Å². The Morgan fingerprint density at radius 2 is 2.28 bits per heavy atom. The van der Waals surface area contributed by atoms with Crippen molar-refractivity contribution in [3.63, 3.8) is 0 Å². The molecule has 1 rings (SSSR count). The van der Waals surface area contributed by atoms with E-state index in [2.05, 4.69) is 24.1 Å². The molecule has 1 aromatic rings. The van der Waals surface area contributed by atoms with E-state index < -0.39 is 0 Å². The van der Waals surface area contributed by atoms with Gasteiger partial charge in [-0.2, -0.15) is 0 Å². The lowest BCUT2D eigenvalue weighted by Crippen LogP contribution is -2.38. The molecule has 1 aromatic heterocycles. The van der Waals surface area contributed by atoms with Gasteiger partial charge in [0.2, 0.25) is 0 Å². The Bertz CT molecular complexity index is 404. The quantitative estimate of drug-likeness (QED) is 0.803. The number of hydrogen-bond acceptors (Lipinski definition) is 4. The molecule has 0 radical (unpaired) electrons. The number of methoxy groups -OCH3 is 1. The Balaban J connectivity index is 2.61. The molecule has 18 heavy (non-hydrogen) atoms. The van der Waals surface area contributed by atoms with Crippen LogP contribution >= 0.6 is 11.6 Å². The predicted molar refractivity (Wildman–Crippen MR) is 70.3 cm³/mol. The van der Waals surface area contributed by atoms with Crippen molar-refractivity contribution in [2.45, 2.75) is 32.9 Å². The van der Waals surface area contributed by atoms with Crippen molar-refractivity contribution in [3.8, 4) is 0 Å². The highest BCUT2D eigenvalue weighted by atomic mass is 35.5. The number of carbonyl (C=O) groups is 1. The monoisotopic (exact) mass is 273 g/mol. The van der Waals surface area contributed by atoms with Gasteiger partial charge in [0.05, 0.1) is 19.9 Å². The average molecular weight is 274 g/mol. The lowest BCUT2D eigenvalue weighted by atomic mass is 10.0. The lowest BCUT2D eigenvalue weighted by Gasteiger charge is -2.18. The number of rotatable bonds is 6. The molecule has 0 saturated heterocycles. The van der Waals surface area contributed by atoms with E-state index >= 15 is 0 Å². The molecule has 6 heteroatoms. The van der Waals surface area contributed by atoms with E-state index in [1.165, 1.54) is 7.11 Å². The lowest BCUT2D eigenvalue weighted by molar-refractivity contribution is -0.143. The summed E-state index contributed by atoms with van der Waals surface area (Å²) in [5.41, 5.74) is 0. The summed E-state index contributed by atoms with van der Waals surface area (Å²) in [4.78, 5) is 15.8. The molecule has 0 aliphatic carbocycles. The molecule has 0 fully saturated rings. The SMILES string of the molecule is COC(=O)C(CC(C)C)NCc1ncc(Cl)n1C. The van der Waals surface area contributed by atoms with Crippen molar-refractivity contribution < 1.29 is 9.53 Å². The maximum absolute atomic E-state index is 11.6. The van der Waals surface area contributed by atoms with Crippen LogP contribution in [0, 0.1) is 5.92 Å². The van der Waals surface area contributed by atoms with E-state index in [1.54, 1.807) is 10.8 Å². The minimum Gasteiger partial charge on any atom is -0.468 e. The average Bonchev–Trinajstić information content (AvgIpc) is 2.64. The Hall–Kier alpha value is -1.07. The molecule has 0 aliphatic rings. The summed E-state index contributed by atoms with van der Waals surface area (Å²) in [6, 6.07) is -0.314. The van der Waals surface area contributed by atoms with Crippen LogP contribution < -0.4 is 5.32 Å². The molecule has 1 N–H and O–H groups in total. The van der Waals surface area contributed by atoms with Gasteiger partial charge in [0.1, 0.15) is 17.0 Å². The molecule has 1 atom stereocenters. The molecule has 5 nitrogen and oxygen atoms in total. The van der Waals surface area contributed by atoms with E-state index in [4.69, 9.17) is 16.3 Å². The van der Waals surface area contributed by atoms with Crippen LogP contribution in [0.15, 0.2) is 6.20 Å². The third-order valence-electron chi connectivity index (χ3n) is 2.73. The smallest absolute Gasteiger partial charge is 0.322 e. The number of imidazole rings is 1. The molecule has 0 saturated carbocycles. The summed E-state index contributed by atoms with van der Waals surface area (Å²) in [5.74, 6) is 0.952. The fourth-order valence-electron chi connectivity index (χ4n) is 1.68. The molecule has 1 heterocycles. The van der Waals surface area contributed by atoms with Crippen molar-refractivity contribution in [1.82, 2.24) is 14.9 Å². The first-order chi connectivity index (χ1) is 8.45. The van der Waals surface area contributed by atoms with Crippen LogP contribution in [0.25, 0.3) is 0 Å². The standard InChI is InChI=1S/C12H20ClN3O2/c1-8(2)5-9(12(17)18-4)14-7-11-15-6-10(13)16(11)3/h6,8-9,14H,5,7H2,1-4H3. The molecular weight excluding hydrogens is 254 g/mol. The van der Waals surface area contributed by atoms with Crippen LogP contribution in [0.5, 0.6) is 0 Å². The summed E-state index contributed by atoms with van der Waals surface area (Å²) in [7, 11) is 3.23. The Kier molecular flexibility index (Phi) is 5.62. The van der Waals surface area contributed by atoms with Crippen molar-refractivity contribution in [3.05, 3.63) is 17.2 Å². The first kappa shape index (κ1) is 15.0. The second kappa shape index (κ2) is 6.75. The maximum atomic E-state index is 11.6. The molecule has 0 bridgehead atoms. The van der Waals surface area contributed by atoms with Gasteiger partial charge < -0.3 is 9.30 Å². The van der Waals surface area contributed by atoms with Gasteiger partial charge in [-0.05, 0) is 12.3 Å². The topological polar surface area (TPSA) is 56.1 Å². The Labute approximate surface area is 112 Å². The van der Waals surface area contributed by atoms with Crippen LogP contribution in [-0.4, -0.2) is 28.7 Å². The van der Waals surface area contributed by atoms with E-state index in [1.807, 2.05) is 7.05 Å². The number of aromatic nitrogens is 2. The summed E-state index contributed by atoms with van der Waals surface area (Å²) >= 11 is 5.90. The highest BCUT2D eigenvalue weighted by Gasteiger charge is 2.20. The number of esters is 1. The zero-order valence-corrected chi connectivity index (χ0v) is 12.0. The highest BCUT2D eigenvalue weighted by molar-refractivity contribution is 6.29. The first-order valence-corrected chi connectivity index (χ1v) is 6.30. The van der Waals surface area contributed by atoms with E-state index in [0.29, 0.717) is 17.6 Å². The zero-order chi connectivity index (χ0) is 13.7. The predicted octanol–water partition coefficient (Wildman–Crippen LogP) is 1.75. The summed E-state index contributed by atoms with van der Waals surface area (Å²) < 4.78 is 6.56. The number of nitrogens with one attached hydrogen (secondary N) is 1. The normalized spacial score (nSPS) is 12.8. The molecule has 0 aromatic carbocycles. The van der Waals surface area contributed by atoms with E-state index in [0.717, 1.165) is 12.2 Å². The van der Waals surface area contributed by atoms with E-state index in [-0.39, 0.29) is 12.0 Å². The minimum absolute atomic E-state index is 0.246. The zero-order valence-electron chi connectivity index (χ0n) is 11.2. The summed E-state index contributed by atoms with van der Waals surface area (Å²) in [6.45, 7) is 4.61. The van der Waals surface area contributed by atoms with Crippen LogP contribution in [0.1, 0.15) is 26.1 Å². The van der Waals surface area contributed by atoms with Crippen LogP contribution in [0.2, 0.25) is 5.15 Å². The highest BCUT2D eigenvalue weighted by Crippen LogP contribution is 2.10. The van der Waals surface area contributed by atoms with Gasteiger partial charge in [-0.25, -0.2) is 4.98 Å². The number of carbonyl (C=O) groups excluding carboxylic acids is 1. The largest absolute Gasteiger partial charge is 0.468 e.